The molecule has 1 aromatic heterocycles. The van der Waals surface area contributed by atoms with E-state index in [2.05, 4.69) is 4.98 Å². The fourth-order valence-corrected chi connectivity index (χ4v) is 2.06. The van der Waals surface area contributed by atoms with Crippen molar-refractivity contribution >= 4 is 29.0 Å². The van der Waals surface area contributed by atoms with Crippen LogP contribution in [-0.2, 0) is 0 Å². The SMILES string of the molecule is CCOc1cc(Cl)c(-c2ccc(N)nc2)cc1Cl. The van der Waals surface area contributed by atoms with E-state index in [-0.39, 0.29) is 0 Å². The van der Waals surface area contributed by atoms with Crippen molar-refractivity contribution in [2.45, 2.75) is 6.92 Å². The number of pyridine rings is 1. The molecule has 0 saturated heterocycles. The highest BCUT2D eigenvalue weighted by Gasteiger charge is 2.10. The van der Waals surface area contributed by atoms with E-state index in [9.17, 15) is 0 Å². The summed E-state index contributed by atoms with van der Waals surface area (Å²) in [4.78, 5) is 4.03. The van der Waals surface area contributed by atoms with Gasteiger partial charge in [0.25, 0.3) is 0 Å². The number of hydrogen-bond acceptors (Lipinski definition) is 3. The fourth-order valence-electron chi connectivity index (χ4n) is 1.58. The number of nitrogens with two attached hydrogens (primary N) is 1. The number of halogens is 2. The predicted molar refractivity (Wildman–Crippen MR) is 75.3 cm³/mol. The van der Waals surface area contributed by atoms with Crippen LogP contribution in [0.3, 0.4) is 0 Å². The first-order valence-corrected chi connectivity index (χ1v) is 6.21. The molecule has 2 aromatic rings. The summed E-state index contributed by atoms with van der Waals surface area (Å²) < 4.78 is 5.38. The van der Waals surface area contributed by atoms with Crippen molar-refractivity contribution in [3.05, 3.63) is 40.5 Å². The molecule has 1 aromatic carbocycles. The van der Waals surface area contributed by atoms with E-state index >= 15 is 0 Å². The van der Waals surface area contributed by atoms with E-state index in [1.54, 1.807) is 24.4 Å². The summed E-state index contributed by atoms with van der Waals surface area (Å²) in [6.07, 6.45) is 1.66. The van der Waals surface area contributed by atoms with Crippen LogP contribution < -0.4 is 10.5 Å². The van der Waals surface area contributed by atoms with Crippen LogP contribution in [0.4, 0.5) is 5.82 Å². The highest BCUT2D eigenvalue weighted by molar-refractivity contribution is 6.36. The number of ether oxygens (including phenoxy) is 1. The van der Waals surface area contributed by atoms with Crippen LogP contribution in [0.25, 0.3) is 11.1 Å². The minimum absolute atomic E-state index is 0.465. The molecule has 0 aliphatic carbocycles. The number of rotatable bonds is 3. The lowest BCUT2D eigenvalue weighted by Crippen LogP contribution is -1.93. The lowest BCUT2D eigenvalue weighted by molar-refractivity contribution is 0.340. The third kappa shape index (κ3) is 2.68. The largest absolute Gasteiger partial charge is 0.492 e. The first-order valence-electron chi connectivity index (χ1n) is 5.45. The second-order valence-electron chi connectivity index (χ2n) is 3.67. The first kappa shape index (κ1) is 13.0. The molecule has 2 rings (SSSR count). The predicted octanol–water partition coefficient (Wildman–Crippen LogP) is 4.04. The molecule has 2 N–H and O–H groups in total. The van der Waals surface area contributed by atoms with Gasteiger partial charge in [-0.2, -0.15) is 0 Å². The van der Waals surface area contributed by atoms with E-state index in [1.807, 2.05) is 13.0 Å². The van der Waals surface area contributed by atoms with Gasteiger partial charge in [-0.25, -0.2) is 4.98 Å². The van der Waals surface area contributed by atoms with Gasteiger partial charge in [0.05, 0.1) is 16.7 Å². The van der Waals surface area contributed by atoms with Crippen molar-refractivity contribution in [3.8, 4) is 16.9 Å². The molecule has 0 aliphatic heterocycles. The Labute approximate surface area is 115 Å². The maximum atomic E-state index is 6.21. The van der Waals surface area contributed by atoms with E-state index in [0.717, 1.165) is 11.1 Å². The number of hydrogen-bond donors (Lipinski definition) is 1. The zero-order valence-corrected chi connectivity index (χ0v) is 11.3. The van der Waals surface area contributed by atoms with Crippen molar-refractivity contribution in [2.75, 3.05) is 12.3 Å². The molecule has 0 aliphatic rings. The summed E-state index contributed by atoms with van der Waals surface area (Å²) in [5, 5.41) is 1.09. The zero-order chi connectivity index (χ0) is 13.1. The number of nitrogens with zero attached hydrogens (tertiary/aromatic N) is 1. The lowest BCUT2D eigenvalue weighted by atomic mass is 10.1. The molecule has 1 heterocycles. The molecule has 5 heteroatoms. The summed E-state index contributed by atoms with van der Waals surface area (Å²) >= 11 is 12.3. The quantitative estimate of drug-likeness (QED) is 0.924. The Morgan fingerprint density at radius 2 is 2.00 bits per heavy atom. The van der Waals surface area contributed by atoms with Gasteiger partial charge in [-0.3, -0.25) is 0 Å². The van der Waals surface area contributed by atoms with Crippen LogP contribution >= 0.6 is 23.2 Å². The van der Waals surface area contributed by atoms with Crippen molar-refractivity contribution in [1.82, 2.24) is 4.98 Å². The molecule has 0 radical (unpaired) electrons. The fraction of sp³-hybridized carbons (Fsp3) is 0.154. The maximum absolute atomic E-state index is 6.21. The Hall–Kier alpha value is -1.45. The number of nitrogen functional groups attached to an aromatic ring is 1. The minimum atomic E-state index is 0.465. The molecule has 0 spiro atoms. The van der Waals surface area contributed by atoms with Crippen molar-refractivity contribution in [3.63, 3.8) is 0 Å². The first-order chi connectivity index (χ1) is 8.61. The highest BCUT2D eigenvalue weighted by Crippen LogP contribution is 2.36. The van der Waals surface area contributed by atoms with Gasteiger partial charge in [-0.05, 0) is 25.1 Å². The van der Waals surface area contributed by atoms with Gasteiger partial charge < -0.3 is 10.5 Å². The van der Waals surface area contributed by atoms with Crippen LogP contribution in [-0.4, -0.2) is 11.6 Å². The van der Waals surface area contributed by atoms with Gasteiger partial charge in [0, 0.05) is 23.4 Å². The summed E-state index contributed by atoms with van der Waals surface area (Å²) in [5.41, 5.74) is 7.21. The van der Waals surface area contributed by atoms with Crippen LogP contribution in [0, 0.1) is 0 Å². The third-order valence-corrected chi connectivity index (χ3v) is 3.03. The molecule has 0 unspecified atom stereocenters. The second kappa shape index (κ2) is 5.46. The van der Waals surface area contributed by atoms with Gasteiger partial charge in [0.15, 0.2) is 0 Å². The molecule has 0 bridgehead atoms. The number of benzene rings is 1. The van der Waals surface area contributed by atoms with Gasteiger partial charge in [0.1, 0.15) is 11.6 Å². The van der Waals surface area contributed by atoms with E-state index in [4.69, 9.17) is 33.7 Å². The standard InChI is InChI=1S/C13H12Cl2N2O/c1-2-18-12-6-10(14)9(5-11(12)15)8-3-4-13(16)17-7-8/h3-7H,2H2,1H3,(H2,16,17). The van der Waals surface area contributed by atoms with Crippen LogP contribution in [0.1, 0.15) is 6.92 Å². The van der Waals surface area contributed by atoms with Crippen LogP contribution in [0.2, 0.25) is 10.0 Å². The van der Waals surface area contributed by atoms with Gasteiger partial charge in [-0.15, -0.1) is 0 Å². The Balaban J connectivity index is 2.45. The summed E-state index contributed by atoms with van der Waals surface area (Å²) in [6.45, 7) is 2.43. The summed E-state index contributed by atoms with van der Waals surface area (Å²) in [6, 6.07) is 7.04. The smallest absolute Gasteiger partial charge is 0.139 e. The van der Waals surface area contributed by atoms with Crippen molar-refractivity contribution < 1.29 is 4.74 Å². The molecular formula is C13H12Cl2N2O. The van der Waals surface area contributed by atoms with E-state index < -0.39 is 0 Å². The number of anilines is 1. The minimum Gasteiger partial charge on any atom is -0.492 e. The molecule has 0 atom stereocenters. The number of aromatic nitrogens is 1. The average Bonchev–Trinajstić information content (AvgIpc) is 2.35. The summed E-state index contributed by atoms with van der Waals surface area (Å²) in [7, 11) is 0. The highest BCUT2D eigenvalue weighted by atomic mass is 35.5. The maximum Gasteiger partial charge on any atom is 0.139 e. The monoisotopic (exact) mass is 282 g/mol. The normalized spacial score (nSPS) is 10.4. The van der Waals surface area contributed by atoms with Crippen LogP contribution in [0.5, 0.6) is 5.75 Å². The molecule has 3 nitrogen and oxygen atoms in total. The molecule has 0 fully saturated rings. The third-order valence-electron chi connectivity index (χ3n) is 2.42. The average molecular weight is 283 g/mol. The van der Waals surface area contributed by atoms with Crippen molar-refractivity contribution in [2.24, 2.45) is 0 Å². The second-order valence-corrected chi connectivity index (χ2v) is 4.48. The Morgan fingerprint density at radius 3 is 2.61 bits per heavy atom. The zero-order valence-electron chi connectivity index (χ0n) is 9.78. The van der Waals surface area contributed by atoms with Gasteiger partial charge >= 0.3 is 0 Å². The molecule has 0 amide bonds. The Morgan fingerprint density at radius 1 is 1.22 bits per heavy atom. The molecule has 0 saturated carbocycles. The lowest BCUT2D eigenvalue weighted by Gasteiger charge is -2.10. The van der Waals surface area contributed by atoms with E-state index in [0.29, 0.717) is 28.2 Å². The summed E-state index contributed by atoms with van der Waals surface area (Å²) in [5.74, 6) is 1.04. The van der Waals surface area contributed by atoms with E-state index in [1.165, 1.54) is 0 Å². The Bertz CT molecular complexity index is 556. The van der Waals surface area contributed by atoms with Crippen molar-refractivity contribution in [1.29, 1.82) is 0 Å². The van der Waals surface area contributed by atoms with Gasteiger partial charge in [-0.1, -0.05) is 23.2 Å². The van der Waals surface area contributed by atoms with Gasteiger partial charge in [0.2, 0.25) is 0 Å². The topological polar surface area (TPSA) is 48.1 Å². The molecule has 18 heavy (non-hydrogen) atoms. The van der Waals surface area contributed by atoms with Crippen LogP contribution in [0.15, 0.2) is 30.5 Å². The molecular weight excluding hydrogens is 271 g/mol. The molecule has 94 valence electrons. The Kier molecular flexibility index (Phi) is 3.94.